The lowest BCUT2D eigenvalue weighted by Gasteiger charge is -2.26. The molecule has 2 aromatic rings. The van der Waals surface area contributed by atoms with E-state index in [0.29, 0.717) is 12.1 Å². The van der Waals surface area contributed by atoms with Gasteiger partial charge in [0.2, 0.25) is 10.0 Å². The maximum atomic E-state index is 12.6. The number of hydrogen-bond donors (Lipinski definition) is 1. The van der Waals surface area contributed by atoms with Gasteiger partial charge in [-0.2, -0.15) is 0 Å². The summed E-state index contributed by atoms with van der Waals surface area (Å²) < 4.78 is 26.5. The molecule has 3 rings (SSSR count). The summed E-state index contributed by atoms with van der Waals surface area (Å²) in [6, 6.07) is 11.7. The van der Waals surface area contributed by atoms with Crippen LogP contribution in [0.2, 0.25) is 0 Å². The molecule has 1 N–H and O–H groups in total. The number of benzene rings is 1. The highest BCUT2D eigenvalue weighted by Crippen LogP contribution is 2.22. The molecule has 7 heteroatoms. The van der Waals surface area contributed by atoms with Crippen molar-refractivity contribution in [3.8, 4) is 11.3 Å². The van der Waals surface area contributed by atoms with Gasteiger partial charge < -0.3 is 4.90 Å². The fourth-order valence-electron chi connectivity index (χ4n) is 3.48. The fourth-order valence-corrected chi connectivity index (χ4v) is 4.29. The molecule has 0 spiro atoms. The van der Waals surface area contributed by atoms with Gasteiger partial charge in [0.25, 0.3) is 5.91 Å². The third kappa shape index (κ3) is 5.46. The summed E-state index contributed by atoms with van der Waals surface area (Å²) in [5.41, 5.74) is 3.46. The van der Waals surface area contributed by atoms with Crippen molar-refractivity contribution in [1.29, 1.82) is 0 Å². The van der Waals surface area contributed by atoms with E-state index in [1.807, 2.05) is 48.2 Å². The summed E-state index contributed by atoms with van der Waals surface area (Å²) in [6.07, 6.45) is 4.99. The smallest absolute Gasteiger partial charge is 0.255 e. The highest BCUT2D eigenvalue weighted by Gasteiger charge is 2.19. The van der Waals surface area contributed by atoms with Gasteiger partial charge in [-0.05, 0) is 56.7 Å². The highest BCUT2D eigenvalue weighted by atomic mass is 32.2. The van der Waals surface area contributed by atoms with Crippen LogP contribution in [0.25, 0.3) is 11.3 Å². The van der Waals surface area contributed by atoms with E-state index in [1.54, 1.807) is 20.0 Å². The Bertz CT molecular complexity index is 948. The van der Waals surface area contributed by atoms with Crippen LogP contribution in [0.15, 0.2) is 42.6 Å². The summed E-state index contributed by atoms with van der Waals surface area (Å²) >= 11 is 0. The molecule has 1 saturated heterocycles. The van der Waals surface area contributed by atoms with E-state index in [4.69, 9.17) is 0 Å². The first kappa shape index (κ1) is 22.4. The van der Waals surface area contributed by atoms with Crippen molar-refractivity contribution in [3.63, 3.8) is 0 Å². The molecule has 0 radical (unpaired) electrons. The van der Waals surface area contributed by atoms with Crippen molar-refractivity contribution in [2.45, 2.75) is 51.2 Å². The molecule has 1 fully saturated rings. The van der Waals surface area contributed by atoms with E-state index in [9.17, 15) is 13.2 Å². The van der Waals surface area contributed by atoms with Gasteiger partial charge in [-0.1, -0.05) is 31.2 Å². The Labute approximate surface area is 179 Å². The van der Waals surface area contributed by atoms with E-state index in [2.05, 4.69) is 9.71 Å². The Kier molecular flexibility index (Phi) is 7.26. The molecule has 1 amide bonds. The van der Waals surface area contributed by atoms with Gasteiger partial charge in [0.15, 0.2) is 0 Å². The van der Waals surface area contributed by atoms with Gasteiger partial charge in [0, 0.05) is 31.4 Å². The monoisotopic (exact) mass is 429 g/mol. The second-order valence-electron chi connectivity index (χ2n) is 8.25. The maximum absolute atomic E-state index is 12.6. The van der Waals surface area contributed by atoms with E-state index < -0.39 is 15.3 Å². The number of nitrogens with one attached hydrogen (secondary N) is 1. The number of pyridine rings is 1. The SMILES string of the molecule is CC(C)S(=O)(=O)NC[C@H](C)c1ccc(-c2ccc(C(=O)N3CCCCC3)cn2)cc1. The van der Waals surface area contributed by atoms with Crippen LogP contribution in [0, 0.1) is 0 Å². The average molecular weight is 430 g/mol. The lowest BCUT2D eigenvalue weighted by Crippen LogP contribution is -2.35. The number of amides is 1. The molecule has 1 atom stereocenters. The highest BCUT2D eigenvalue weighted by molar-refractivity contribution is 7.90. The topological polar surface area (TPSA) is 79.4 Å². The molecule has 162 valence electrons. The summed E-state index contributed by atoms with van der Waals surface area (Å²) in [4.78, 5) is 19.0. The summed E-state index contributed by atoms with van der Waals surface area (Å²) in [5, 5.41) is -0.442. The van der Waals surface area contributed by atoms with Gasteiger partial charge in [-0.25, -0.2) is 13.1 Å². The van der Waals surface area contributed by atoms with Crippen LogP contribution in [-0.4, -0.2) is 49.1 Å². The third-order valence-corrected chi connectivity index (χ3v) is 7.45. The zero-order valence-corrected chi connectivity index (χ0v) is 18.8. The van der Waals surface area contributed by atoms with E-state index in [1.165, 1.54) is 6.42 Å². The van der Waals surface area contributed by atoms with Crippen molar-refractivity contribution in [3.05, 3.63) is 53.7 Å². The van der Waals surface area contributed by atoms with E-state index in [-0.39, 0.29) is 11.8 Å². The molecule has 30 heavy (non-hydrogen) atoms. The standard InChI is InChI=1S/C23H31N3O3S/c1-17(2)30(28,29)25-15-18(3)19-7-9-20(10-8-19)22-12-11-21(16-24-22)23(27)26-13-5-4-6-14-26/h7-12,16-18,25H,4-6,13-15H2,1-3H3/t18-/m0/s1. The lowest BCUT2D eigenvalue weighted by atomic mass is 9.99. The van der Waals surface area contributed by atoms with Gasteiger partial charge in [-0.15, -0.1) is 0 Å². The second kappa shape index (κ2) is 9.71. The fraction of sp³-hybridized carbons (Fsp3) is 0.478. The number of sulfonamides is 1. The molecule has 0 unspecified atom stereocenters. The Balaban J connectivity index is 1.63. The molecule has 6 nitrogen and oxygen atoms in total. The van der Waals surface area contributed by atoms with Gasteiger partial charge in [0.05, 0.1) is 16.5 Å². The number of aromatic nitrogens is 1. The Morgan fingerprint density at radius 1 is 1.03 bits per heavy atom. The van der Waals surface area contributed by atoms with Crippen molar-refractivity contribution < 1.29 is 13.2 Å². The molecule has 0 aliphatic carbocycles. The first-order chi connectivity index (χ1) is 14.3. The van der Waals surface area contributed by atoms with Crippen molar-refractivity contribution >= 4 is 15.9 Å². The number of nitrogens with zero attached hydrogens (tertiary/aromatic N) is 2. The van der Waals surface area contributed by atoms with Crippen LogP contribution in [0.3, 0.4) is 0 Å². The largest absolute Gasteiger partial charge is 0.339 e. The van der Waals surface area contributed by atoms with Crippen LogP contribution in [0.4, 0.5) is 0 Å². The van der Waals surface area contributed by atoms with Crippen LogP contribution >= 0.6 is 0 Å². The Hall–Kier alpha value is -2.25. The molecule has 1 aromatic carbocycles. The molecule has 0 bridgehead atoms. The van der Waals surface area contributed by atoms with Crippen LogP contribution in [-0.2, 0) is 10.0 Å². The Morgan fingerprint density at radius 2 is 1.70 bits per heavy atom. The predicted octanol–water partition coefficient (Wildman–Crippen LogP) is 3.81. The van der Waals surface area contributed by atoms with Crippen LogP contribution in [0.1, 0.15) is 61.9 Å². The normalized spacial score (nSPS) is 15.9. The molecular formula is C23H31N3O3S. The van der Waals surface area contributed by atoms with Crippen molar-refractivity contribution in [2.75, 3.05) is 19.6 Å². The maximum Gasteiger partial charge on any atom is 0.255 e. The van der Waals surface area contributed by atoms with Gasteiger partial charge in [-0.3, -0.25) is 9.78 Å². The molecule has 1 aliphatic rings. The summed E-state index contributed by atoms with van der Waals surface area (Å²) in [5.74, 6) is 0.117. The average Bonchev–Trinajstić information content (AvgIpc) is 2.78. The zero-order valence-electron chi connectivity index (χ0n) is 18.0. The van der Waals surface area contributed by atoms with E-state index in [0.717, 1.165) is 42.8 Å². The van der Waals surface area contributed by atoms with Gasteiger partial charge in [0.1, 0.15) is 0 Å². The van der Waals surface area contributed by atoms with Crippen LogP contribution in [0.5, 0.6) is 0 Å². The number of likely N-dealkylation sites (tertiary alicyclic amines) is 1. The first-order valence-corrected chi connectivity index (χ1v) is 12.2. The van der Waals surface area contributed by atoms with Crippen molar-refractivity contribution in [1.82, 2.24) is 14.6 Å². The lowest BCUT2D eigenvalue weighted by molar-refractivity contribution is 0.0724. The summed E-state index contributed by atoms with van der Waals surface area (Å²) in [6.45, 7) is 7.35. The van der Waals surface area contributed by atoms with E-state index >= 15 is 0 Å². The first-order valence-electron chi connectivity index (χ1n) is 10.6. The molecule has 2 heterocycles. The quantitative estimate of drug-likeness (QED) is 0.726. The second-order valence-corrected chi connectivity index (χ2v) is 10.6. The molecule has 1 aliphatic heterocycles. The number of hydrogen-bond acceptors (Lipinski definition) is 4. The third-order valence-electron chi connectivity index (χ3n) is 5.64. The molecule has 0 saturated carbocycles. The summed E-state index contributed by atoms with van der Waals surface area (Å²) in [7, 11) is -3.26. The molecular weight excluding hydrogens is 398 g/mol. The minimum Gasteiger partial charge on any atom is -0.339 e. The predicted molar refractivity (Wildman–Crippen MR) is 120 cm³/mol. The number of rotatable bonds is 7. The number of carbonyl (C=O) groups excluding carboxylic acids is 1. The zero-order chi connectivity index (χ0) is 21.7. The number of piperidine rings is 1. The van der Waals surface area contributed by atoms with Crippen molar-refractivity contribution in [2.24, 2.45) is 0 Å². The van der Waals surface area contributed by atoms with Gasteiger partial charge >= 0.3 is 0 Å². The minimum absolute atomic E-state index is 0.0572. The molecule has 1 aromatic heterocycles. The van der Waals surface area contributed by atoms with Crippen LogP contribution < -0.4 is 4.72 Å². The minimum atomic E-state index is -3.26. The number of carbonyl (C=O) groups is 1. The Morgan fingerprint density at radius 3 is 2.27 bits per heavy atom.